The Kier molecular flexibility index (Phi) is 3.64. The molecule has 1 aliphatic heterocycles. The van der Waals surface area contributed by atoms with Gasteiger partial charge in [-0.2, -0.15) is 13.2 Å². The number of alkyl halides is 3. The van der Waals surface area contributed by atoms with Gasteiger partial charge < -0.3 is 10.0 Å². The van der Waals surface area contributed by atoms with Crippen LogP contribution in [0.3, 0.4) is 0 Å². The molecule has 7 heteroatoms. The van der Waals surface area contributed by atoms with Crippen LogP contribution in [0.2, 0.25) is 0 Å². The third kappa shape index (κ3) is 2.97. The number of hydrogen-bond donors (Lipinski definition) is 1. The van der Waals surface area contributed by atoms with Crippen molar-refractivity contribution in [3.05, 3.63) is 24.4 Å². The summed E-state index contributed by atoms with van der Waals surface area (Å²) >= 11 is 0. The van der Waals surface area contributed by atoms with Gasteiger partial charge in [0.25, 0.3) is 0 Å². The number of pyridine rings is 1. The van der Waals surface area contributed by atoms with E-state index < -0.39 is 24.0 Å². The molecule has 1 aromatic rings. The van der Waals surface area contributed by atoms with Gasteiger partial charge in [-0.25, -0.2) is 4.98 Å². The van der Waals surface area contributed by atoms with Gasteiger partial charge in [-0.15, -0.1) is 0 Å². The SMILES string of the molecule is O=C(O)C1CCN(c2ccccn2)CC1C(F)(F)F. The van der Waals surface area contributed by atoms with Gasteiger partial charge in [-0.3, -0.25) is 4.79 Å². The molecule has 0 aliphatic carbocycles. The Labute approximate surface area is 107 Å². The van der Waals surface area contributed by atoms with E-state index in [2.05, 4.69) is 4.98 Å². The first-order valence-corrected chi connectivity index (χ1v) is 5.85. The van der Waals surface area contributed by atoms with E-state index in [0.717, 1.165) is 0 Å². The topological polar surface area (TPSA) is 53.4 Å². The summed E-state index contributed by atoms with van der Waals surface area (Å²) in [6.07, 6.45) is -3.05. The second-order valence-corrected chi connectivity index (χ2v) is 4.52. The summed E-state index contributed by atoms with van der Waals surface area (Å²) in [6.45, 7) is -0.0992. The monoisotopic (exact) mass is 274 g/mol. The highest BCUT2D eigenvalue weighted by Crippen LogP contribution is 2.38. The Morgan fingerprint density at radius 2 is 2.16 bits per heavy atom. The molecule has 0 amide bonds. The molecule has 1 fully saturated rings. The molecule has 1 aromatic heterocycles. The van der Waals surface area contributed by atoms with Crippen molar-refractivity contribution in [2.45, 2.75) is 12.6 Å². The molecule has 2 heterocycles. The van der Waals surface area contributed by atoms with E-state index in [-0.39, 0.29) is 19.5 Å². The lowest BCUT2D eigenvalue weighted by Gasteiger charge is -2.38. The first-order valence-electron chi connectivity index (χ1n) is 5.85. The molecule has 0 aromatic carbocycles. The van der Waals surface area contributed by atoms with Crippen molar-refractivity contribution in [3.8, 4) is 0 Å². The summed E-state index contributed by atoms with van der Waals surface area (Å²) in [4.78, 5) is 16.4. The predicted molar refractivity (Wildman–Crippen MR) is 61.7 cm³/mol. The number of hydrogen-bond acceptors (Lipinski definition) is 3. The Morgan fingerprint density at radius 3 is 2.68 bits per heavy atom. The van der Waals surface area contributed by atoms with Crippen LogP contribution in [0.15, 0.2) is 24.4 Å². The summed E-state index contributed by atoms with van der Waals surface area (Å²) in [5.41, 5.74) is 0. The average Bonchev–Trinajstić information content (AvgIpc) is 2.38. The number of anilines is 1. The van der Waals surface area contributed by atoms with Gasteiger partial charge in [-0.1, -0.05) is 6.07 Å². The van der Waals surface area contributed by atoms with Crippen molar-refractivity contribution >= 4 is 11.8 Å². The van der Waals surface area contributed by atoms with Gasteiger partial charge in [0.05, 0.1) is 11.8 Å². The van der Waals surface area contributed by atoms with Crippen LogP contribution in [0.25, 0.3) is 0 Å². The lowest BCUT2D eigenvalue weighted by molar-refractivity contribution is -0.197. The third-order valence-corrected chi connectivity index (χ3v) is 3.32. The van der Waals surface area contributed by atoms with Crippen molar-refractivity contribution in [2.24, 2.45) is 11.8 Å². The minimum absolute atomic E-state index is 0.0317. The highest BCUT2D eigenvalue weighted by molar-refractivity contribution is 5.71. The summed E-state index contributed by atoms with van der Waals surface area (Å²) in [5, 5.41) is 8.89. The molecule has 1 aliphatic rings. The third-order valence-electron chi connectivity index (χ3n) is 3.32. The minimum atomic E-state index is -4.52. The van der Waals surface area contributed by atoms with Crippen LogP contribution >= 0.6 is 0 Å². The number of aliphatic carboxylic acids is 1. The number of rotatable bonds is 2. The lowest BCUT2D eigenvalue weighted by atomic mass is 9.85. The molecule has 0 radical (unpaired) electrons. The van der Waals surface area contributed by atoms with Crippen LogP contribution in [-0.4, -0.2) is 35.3 Å². The zero-order valence-electron chi connectivity index (χ0n) is 9.97. The zero-order valence-corrected chi connectivity index (χ0v) is 9.97. The molecule has 19 heavy (non-hydrogen) atoms. The van der Waals surface area contributed by atoms with Gasteiger partial charge in [0.2, 0.25) is 0 Å². The molecule has 4 nitrogen and oxygen atoms in total. The van der Waals surface area contributed by atoms with E-state index >= 15 is 0 Å². The number of carboxylic acid groups (broad SMARTS) is 1. The van der Waals surface area contributed by atoms with Crippen molar-refractivity contribution in [3.63, 3.8) is 0 Å². The fourth-order valence-corrected chi connectivity index (χ4v) is 2.33. The molecule has 2 unspecified atom stereocenters. The molecule has 2 atom stereocenters. The van der Waals surface area contributed by atoms with Crippen molar-refractivity contribution < 1.29 is 23.1 Å². The smallest absolute Gasteiger partial charge is 0.394 e. The van der Waals surface area contributed by atoms with Crippen LogP contribution in [-0.2, 0) is 4.79 Å². The highest BCUT2D eigenvalue weighted by atomic mass is 19.4. The van der Waals surface area contributed by atoms with E-state index in [1.54, 1.807) is 18.2 Å². The Balaban J connectivity index is 2.20. The molecule has 2 rings (SSSR count). The van der Waals surface area contributed by atoms with Gasteiger partial charge >= 0.3 is 12.1 Å². The van der Waals surface area contributed by atoms with Crippen LogP contribution in [0.5, 0.6) is 0 Å². The van der Waals surface area contributed by atoms with Crippen molar-refractivity contribution in [1.29, 1.82) is 0 Å². The summed E-state index contributed by atoms with van der Waals surface area (Å²) in [7, 11) is 0. The fourth-order valence-electron chi connectivity index (χ4n) is 2.33. The van der Waals surface area contributed by atoms with E-state index in [0.29, 0.717) is 5.82 Å². The van der Waals surface area contributed by atoms with Gasteiger partial charge in [0.1, 0.15) is 5.82 Å². The molecular formula is C12H13F3N2O2. The maximum atomic E-state index is 12.9. The molecule has 1 saturated heterocycles. The fraction of sp³-hybridized carbons (Fsp3) is 0.500. The maximum absolute atomic E-state index is 12.9. The van der Waals surface area contributed by atoms with Gasteiger partial charge in [0, 0.05) is 19.3 Å². The number of piperidine rings is 1. The molecular weight excluding hydrogens is 261 g/mol. The normalized spacial score (nSPS) is 24.3. The van der Waals surface area contributed by atoms with Crippen molar-refractivity contribution in [2.75, 3.05) is 18.0 Å². The van der Waals surface area contributed by atoms with E-state index in [1.165, 1.54) is 11.1 Å². The van der Waals surface area contributed by atoms with E-state index in [9.17, 15) is 18.0 Å². The average molecular weight is 274 g/mol. The van der Waals surface area contributed by atoms with Crippen LogP contribution < -0.4 is 4.90 Å². The number of halogens is 3. The van der Waals surface area contributed by atoms with E-state index in [1.807, 2.05) is 0 Å². The second-order valence-electron chi connectivity index (χ2n) is 4.52. The van der Waals surface area contributed by atoms with Crippen molar-refractivity contribution in [1.82, 2.24) is 4.98 Å². The highest BCUT2D eigenvalue weighted by Gasteiger charge is 2.50. The van der Waals surface area contributed by atoms with Crippen LogP contribution in [0.4, 0.5) is 19.0 Å². The first-order chi connectivity index (χ1) is 8.89. The Morgan fingerprint density at radius 1 is 1.42 bits per heavy atom. The summed E-state index contributed by atoms with van der Waals surface area (Å²) in [6, 6.07) is 4.98. The molecule has 1 N–H and O–H groups in total. The van der Waals surface area contributed by atoms with E-state index in [4.69, 9.17) is 5.11 Å². The summed E-state index contributed by atoms with van der Waals surface area (Å²) in [5.74, 6) is -4.18. The summed E-state index contributed by atoms with van der Waals surface area (Å²) < 4.78 is 38.8. The Bertz CT molecular complexity index is 450. The molecule has 0 saturated carbocycles. The van der Waals surface area contributed by atoms with Crippen LogP contribution in [0.1, 0.15) is 6.42 Å². The standard InChI is InChI=1S/C12H13F3N2O2/c13-12(14,15)9-7-17(6-4-8(9)11(18)19)10-3-1-2-5-16-10/h1-3,5,8-9H,4,6-7H2,(H,18,19). The predicted octanol–water partition coefficient (Wildman–Crippen LogP) is 2.17. The number of aromatic nitrogens is 1. The molecule has 0 bridgehead atoms. The minimum Gasteiger partial charge on any atom is -0.481 e. The largest absolute Gasteiger partial charge is 0.481 e. The maximum Gasteiger partial charge on any atom is 0.394 e. The Hall–Kier alpha value is -1.79. The van der Waals surface area contributed by atoms with Gasteiger partial charge in [0.15, 0.2) is 0 Å². The quantitative estimate of drug-likeness (QED) is 0.898. The number of carboxylic acids is 1. The molecule has 0 spiro atoms. The number of nitrogens with zero attached hydrogens (tertiary/aromatic N) is 2. The first kappa shape index (κ1) is 13.6. The molecule has 104 valence electrons. The number of carbonyl (C=O) groups is 1. The zero-order chi connectivity index (χ0) is 14.0. The second kappa shape index (κ2) is 5.07. The lowest BCUT2D eigenvalue weighted by Crippen LogP contribution is -2.49. The van der Waals surface area contributed by atoms with Gasteiger partial charge in [-0.05, 0) is 18.6 Å². The van der Waals surface area contributed by atoms with Crippen LogP contribution in [0, 0.1) is 11.8 Å².